The molecule has 1 heterocycles. The quantitative estimate of drug-likeness (QED) is 0.847. The van der Waals surface area contributed by atoms with E-state index in [0.717, 1.165) is 18.7 Å². The Hall–Kier alpha value is -1.32. The third-order valence-corrected chi connectivity index (χ3v) is 4.42. The molecule has 2 aromatic rings. The van der Waals surface area contributed by atoms with Gasteiger partial charge in [0.05, 0.1) is 13.2 Å². The molecule has 108 valence electrons. The van der Waals surface area contributed by atoms with Gasteiger partial charge < -0.3 is 10.1 Å². The van der Waals surface area contributed by atoms with Gasteiger partial charge in [-0.3, -0.25) is 0 Å². The molecule has 0 amide bonds. The van der Waals surface area contributed by atoms with Gasteiger partial charge in [0.25, 0.3) is 0 Å². The lowest BCUT2D eigenvalue weighted by Crippen LogP contribution is -2.23. The zero-order valence-electron chi connectivity index (χ0n) is 12.7. The zero-order chi connectivity index (χ0) is 14.5. The lowest BCUT2D eigenvalue weighted by atomic mass is 9.98. The molecular formula is C17H23NOS. The Balaban J connectivity index is 2.33. The van der Waals surface area contributed by atoms with Crippen molar-refractivity contribution in [1.82, 2.24) is 5.32 Å². The fraction of sp³-hybridized carbons (Fsp3) is 0.412. The van der Waals surface area contributed by atoms with Gasteiger partial charge in [-0.05, 0) is 56.1 Å². The standard InChI is InChI=1S/C17H23NOS/c1-5-10-18-17(16-11-12(2)20-13(16)3)14-6-8-15(19-4)9-7-14/h6-9,11,17-18H,5,10H2,1-4H3. The highest BCUT2D eigenvalue weighted by atomic mass is 32.1. The Morgan fingerprint density at radius 2 is 1.90 bits per heavy atom. The van der Waals surface area contributed by atoms with Crippen LogP contribution in [0.2, 0.25) is 0 Å². The molecule has 0 bridgehead atoms. The van der Waals surface area contributed by atoms with Crippen molar-refractivity contribution in [3.05, 3.63) is 51.2 Å². The molecule has 1 atom stereocenters. The van der Waals surface area contributed by atoms with Crippen LogP contribution in [0.5, 0.6) is 5.75 Å². The third kappa shape index (κ3) is 3.41. The third-order valence-electron chi connectivity index (χ3n) is 3.44. The largest absolute Gasteiger partial charge is 0.497 e. The van der Waals surface area contributed by atoms with Crippen LogP contribution >= 0.6 is 11.3 Å². The van der Waals surface area contributed by atoms with Gasteiger partial charge in [0.15, 0.2) is 0 Å². The predicted octanol–water partition coefficient (Wildman–Crippen LogP) is 4.46. The number of methoxy groups -OCH3 is 1. The topological polar surface area (TPSA) is 21.3 Å². The van der Waals surface area contributed by atoms with E-state index in [1.807, 2.05) is 23.5 Å². The van der Waals surface area contributed by atoms with E-state index in [9.17, 15) is 0 Å². The van der Waals surface area contributed by atoms with Crippen molar-refractivity contribution < 1.29 is 4.74 Å². The van der Waals surface area contributed by atoms with E-state index in [-0.39, 0.29) is 6.04 Å². The SMILES string of the molecule is CCCNC(c1ccc(OC)cc1)c1cc(C)sc1C. The van der Waals surface area contributed by atoms with Crippen LogP contribution in [0.25, 0.3) is 0 Å². The summed E-state index contributed by atoms with van der Waals surface area (Å²) in [6.45, 7) is 7.60. The van der Waals surface area contributed by atoms with Crippen LogP contribution in [-0.4, -0.2) is 13.7 Å². The average Bonchev–Trinajstić information content (AvgIpc) is 2.79. The van der Waals surface area contributed by atoms with Gasteiger partial charge in [0.1, 0.15) is 5.75 Å². The van der Waals surface area contributed by atoms with E-state index in [4.69, 9.17) is 4.74 Å². The maximum absolute atomic E-state index is 5.25. The fourth-order valence-electron chi connectivity index (χ4n) is 2.43. The second-order valence-corrected chi connectivity index (χ2v) is 6.49. The van der Waals surface area contributed by atoms with E-state index in [0.29, 0.717) is 0 Å². The normalized spacial score (nSPS) is 12.4. The highest BCUT2D eigenvalue weighted by Gasteiger charge is 2.17. The fourth-order valence-corrected chi connectivity index (χ4v) is 3.39. The summed E-state index contributed by atoms with van der Waals surface area (Å²) in [6, 6.07) is 10.9. The summed E-state index contributed by atoms with van der Waals surface area (Å²) in [6.07, 6.45) is 1.13. The van der Waals surface area contributed by atoms with Gasteiger partial charge >= 0.3 is 0 Å². The van der Waals surface area contributed by atoms with Crippen molar-refractivity contribution >= 4 is 11.3 Å². The summed E-state index contributed by atoms with van der Waals surface area (Å²) in [5.74, 6) is 0.904. The van der Waals surface area contributed by atoms with E-state index in [2.05, 4.69) is 44.3 Å². The number of benzene rings is 1. The number of hydrogen-bond acceptors (Lipinski definition) is 3. The number of aryl methyl sites for hydroxylation is 2. The van der Waals surface area contributed by atoms with E-state index >= 15 is 0 Å². The first kappa shape index (κ1) is 15.1. The maximum atomic E-state index is 5.25. The van der Waals surface area contributed by atoms with Crippen LogP contribution in [0.3, 0.4) is 0 Å². The van der Waals surface area contributed by atoms with Crippen molar-refractivity contribution in [2.75, 3.05) is 13.7 Å². The van der Waals surface area contributed by atoms with E-state index in [1.54, 1.807) is 7.11 Å². The van der Waals surface area contributed by atoms with E-state index < -0.39 is 0 Å². The Bertz CT molecular complexity index is 545. The summed E-state index contributed by atoms with van der Waals surface area (Å²) in [7, 11) is 1.70. The van der Waals surface area contributed by atoms with Gasteiger partial charge in [-0.1, -0.05) is 19.1 Å². The smallest absolute Gasteiger partial charge is 0.118 e. The van der Waals surface area contributed by atoms with Crippen LogP contribution < -0.4 is 10.1 Å². The molecule has 0 radical (unpaired) electrons. The number of nitrogens with one attached hydrogen (secondary N) is 1. The average molecular weight is 289 g/mol. The monoisotopic (exact) mass is 289 g/mol. The first-order valence-electron chi connectivity index (χ1n) is 7.10. The minimum Gasteiger partial charge on any atom is -0.497 e. The molecule has 0 aliphatic rings. The highest BCUT2D eigenvalue weighted by Crippen LogP contribution is 2.31. The second-order valence-electron chi connectivity index (χ2n) is 5.03. The van der Waals surface area contributed by atoms with E-state index in [1.165, 1.54) is 20.9 Å². The number of hydrogen-bond donors (Lipinski definition) is 1. The Morgan fingerprint density at radius 1 is 1.20 bits per heavy atom. The van der Waals surface area contributed by atoms with Gasteiger partial charge in [0, 0.05) is 9.75 Å². The number of thiophene rings is 1. The maximum Gasteiger partial charge on any atom is 0.118 e. The molecule has 0 spiro atoms. The highest BCUT2D eigenvalue weighted by molar-refractivity contribution is 7.12. The van der Waals surface area contributed by atoms with Crippen LogP contribution in [0.1, 0.15) is 40.3 Å². The molecule has 3 heteroatoms. The Labute approximate surface area is 125 Å². The molecule has 0 aliphatic carbocycles. The van der Waals surface area contributed by atoms with Crippen LogP contribution in [0, 0.1) is 13.8 Å². The molecular weight excluding hydrogens is 266 g/mol. The van der Waals surface area contributed by atoms with Gasteiger partial charge in [-0.2, -0.15) is 0 Å². The first-order chi connectivity index (χ1) is 9.65. The summed E-state index contributed by atoms with van der Waals surface area (Å²) in [4.78, 5) is 2.77. The molecule has 0 saturated heterocycles. The predicted molar refractivity (Wildman–Crippen MR) is 86.9 cm³/mol. The van der Waals surface area contributed by atoms with Crippen molar-refractivity contribution in [1.29, 1.82) is 0 Å². The summed E-state index contributed by atoms with van der Waals surface area (Å²) in [5, 5.41) is 3.66. The molecule has 0 saturated carbocycles. The number of ether oxygens (including phenoxy) is 1. The van der Waals surface area contributed by atoms with Crippen molar-refractivity contribution in [3.63, 3.8) is 0 Å². The van der Waals surface area contributed by atoms with Gasteiger partial charge in [0.2, 0.25) is 0 Å². The molecule has 1 unspecified atom stereocenters. The summed E-state index contributed by atoms with van der Waals surface area (Å²) < 4.78 is 5.25. The lowest BCUT2D eigenvalue weighted by Gasteiger charge is -2.19. The van der Waals surface area contributed by atoms with Crippen LogP contribution in [-0.2, 0) is 0 Å². The molecule has 1 aromatic heterocycles. The summed E-state index contributed by atoms with van der Waals surface area (Å²) >= 11 is 1.87. The summed E-state index contributed by atoms with van der Waals surface area (Å²) in [5.41, 5.74) is 2.69. The molecule has 2 rings (SSSR count). The van der Waals surface area contributed by atoms with Crippen molar-refractivity contribution in [3.8, 4) is 5.75 Å². The molecule has 0 aliphatic heterocycles. The molecule has 0 fully saturated rings. The molecule has 1 aromatic carbocycles. The Kier molecular flexibility index (Phi) is 5.21. The second kappa shape index (κ2) is 6.91. The molecule has 1 N–H and O–H groups in total. The minimum atomic E-state index is 0.269. The van der Waals surface area contributed by atoms with Gasteiger partial charge in [-0.15, -0.1) is 11.3 Å². The Morgan fingerprint density at radius 3 is 2.40 bits per heavy atom. The first-order valence-corrected chi connectivity index (χ1v) is 7.91. The zero-order valence-corrected chi connectivity index (χ0v) is 13.5. The van der Waals surface area contributed by atoms with Gasteiger partial charge in [-0.25, -0.2) is 0 Å². The van der Waals surface area contributed by atoms with Crippen molar-refractivity contribution in [2.45, 2.75) is 33.2 Å². The minimum absolute atomic E-state index is 0.269. The molecule has 2 nitrogen and oxygen atoms in total. The van der Waals surface area contributed by atoms with Crippen LogP contribution in [0.15, 0.2) is 30.3 Å². The molecule has 20 heavy (non-hydrogen) atoms. The van der Waals surface area contributed by atoms with Crippen molar-refractivity contribution in [2.24, 2.45) is 0 Å². The van der Waals surface area contributed by atoms with Crippen LogP contribution in [0.4, 0.5) is 0 Å². The lowest BCUT2D eigenvalue weighted by molar-refractivity contribution is 0.414. The number of rotatable bonds is 6.